The second kappa shape index (κ2) is 7.20. The Bertz CT molecular complexity index is 768. The molecule has 1 unspecified atom stereocenters. The van der Waals surface area contributed by atoms with Crippen LogP contribution in [0.2, 0.25) is 10.0 Å². The number of aromatic nitrogens is 1. The van der Waals surface area contributed by atoms with Crippen molar-refractivity contribution in [3.05, 3.63) is 58.3 Å². The highest BCUT2D eigenvalue weighted by molar-refractivity contribution is 6.42. The lowest BCUT2D eigenvalue weighted by Gasteiger charge is -2.16. The lowest BCUT2D eigenvalue weighted by atomic mass is 10.1. The van der Waals surface area contributed by atoms with Crippen LogP contribution in [0.25, 0.3) is 0 Å². The predicted molar refractivity (Wildman–Crippen MR) is 92.9 cm³/mol. The zero-order chi connectivity index (χ0) is 17.1. The van der Waals surface area contributed by atoms with Crippen molar-refractivity contribution in [3.63, 3.8) is 0 Å². The van der Waals surface area contributed by atoms with E-state index in [0.717, 1.165) is 5.56 Å². The van der Waals surface area contributed by atoms with E-state index in [9.17, 15) is 9.59 Å². The zero-order valence-corrected chi connectivity index (χ0v) is 14.2. The van der Waals surface area contributed by atoms with Gasteiger partial charge in [-0.3, -0.25) is 14.6 Å². The quantitative estimate of drug-likeness (QED) is 0.905. The maximum Gasteiger partial charge on any atom is 0.229 e. The van der Waals surface area contributed by atoms with Crippen LogP contribution in [-0.2, 0) is 16.1 Å². The Labute approximate surface area is 149 Å². The molecule has 5 nitrogen and oxygen atoms in total. The van der Waals surface area contributed by atoms with E-state index in [1.54, 1.807) is 35.5 Å². The highest BCUT2D eigenvalue weighted by atomic mass is 35.5. The van der Waals surface area contributed by atoms with Gasteiger partial charge in [0.15, 0.2) is 0 Å². The predicted octanol–water partition coefficient (Wildman–Crippen LogP) is 3.38. The van der Waals surface area contributed by atoms with Crippen LogP contribution in [0.3, 0.4) is 0 Å². The Kier molecular flexibility index (Phi) is 5.02. The Morgan fingerprint density at radius 1 is 1.29 bits per heavy atom. The van der Waals surface area contributed by atoms with Crippen LogP contribution >= 0.6 is 23.2 Å². The maximum atomic E-state index is 12.4. The van der Waals surface area contributed by atoms with Crippen LogP contribution in [-0.4, -0.2) is 28.2 Å². The van der Waals surface area contributed by atoms with E-state index in [0.29, 0.717) is 28.8 Å². The van der Waals surface area contributed by atoms with E-state index in [-0.39, 0.29) is 24.2 Å². The van der Waals surface area contributed by atoms with Crippen molar-refractivity contribution in [2.75, 3.05) is 11.9 Å². The molecule has 0 aliphatic carbocycles. The molecule has 0 bridgehead atoms. The molecule has 1 aromatic heterocycles. The first-order valence-corrected chi connectivity index (χ1v) is 8.21. The highest BCUT2D eigenvalue weighted by Gasteiger charge is 2.34. The van der Waals surface area contributed by atoms with Crippen LogP contribution in [0.5, 0.6) is 0 Å². The van der Waals surface area contributed by atoms with Gasteiger partial charge in [-0.25, -0.2) is 0 Å². The van der Waals surface area contributed by atoms with Crippen LogP contribution in [0.1, 0.15) is 12.0 Å². The smallest absolute Gasteiger partial charge is 0.229 e. The lowest BCUT2D eigenvalue weighted by Crippen LogP contribution is -2.28. The molecule has 3 rings (SSSR count). The van der Waals surface area contributed by atoms with Crippen LogP contribution in [0.15, 0.2) is 42.7 Å². The summed E-state index contributed by atoms with van der Waals surface area (Å²) in [6.07, 6.45) is 3.60. The number of carbonyl (C=O) groups excluding carboxylic acids is 2. The first kappa shape index (κ1) is 16.7. The number of rotatable bonds is 4. The van der Waals surface area contributed by atoms with Gasteiger partial charge in [-0.2, -0.15) is 0 Å². The van der Waals surface area contributed by atoms with E-state index >= 15 is 0 Å². The number of hydrogen-bond acceptors (Lipinski definition) is 3. The molecular weight excluding hydrogens is 349 g/mol. The standard InChI is InChI=1S/C17H15Cl2N3O2/c18-14-4-3-13(7-15(14)19)21-17(24)12-6-16(23)22(10-12)9-11-2-1-5-20-8-11/h1-5,7-8,12H,6,9-10H2,(H,21,24). The van der Waals surface area contributed by atoms with Crippen molar-refractivity contribution in [3.8, 4) is 0 Å². The number of carbonyl (C=O) groups is 2. The number of pyridine rings is 1. The molecule has 1 N–H and O–H groups in total. The Morgan fingerprint density at radius 2 is 2.12 bits per heavy atom. The molecule has 0 radical (unpaired) electrons. The number of hydrogen-bond donors (Lipinski definition) is 1. The van der Waals surface area contributed by atoms with E-state index in [4.69, 9.17) is 23.2 Å². The summed E-state index contributed by atoms with van der Waals surface area (Å²) in [6, 6.07) is 8.62. The van der Waals surface area contributed by atoms with Gasteiger partial charge in [-0.15, -0.1) is 0 Å². The van der Waals surface area contributed by atoms with Gasteiger partial charge in [0.2, 0.25) is 11.8 Å². The van der Waals surface area contributed by atoms with Crippen molar-refractivity contribution < 1.29 is 9.59 Å². The van der Waals surface area contributed by atoms with Crippen molar-refractivity contribution in [1.82, 2.24) is 9.88 Å². The topological polar surface area (TPSA) is 62.3 Å². The van der Waals surface area contributed by atoms with E-state index < -0.39 is 0 Å². The first-order valence-electron chi connectivity index (χ1n) is 7.45. The first-order chi connectivity index (χ1) is 11.5. The third-order valence-electron chi connectivity index (χ3n) is 3.87. The number of likely N-dealkylation sites (tertiary alicyclic amines) is 1. The van der Waals surface area contributed by atoms with Gasteiger partial charge in [0.25, 0.3) is 0 Å². The summed E-state index contributed by atoms with van der Waals surface area (Å²) in [4.78, 5) is 30.2. The molecule has 1 saturated heterocycles. The molecule has 1 aromatic carbocycles. The summed E-state index contributed by atoms with van der Waals surface area (Å²) < 4.78 is 0. The average Bonchev–Trinajstić information content (AvgIpc) is 2.93. The van der Waals surface area contributed by atoms with Gasteiger partial charge in [0, 0.05) is 37.6 Å². The summed E-state index contributed by atoms with van der Waals surface area (Å²) in [7, 11) is 0. The molecule has 2 aromatic rings. The lowest BCUT2D eigenvalue weighted by molar-refractivity contribution is -0.128. The van der Waals surface area contributed by atoms with Crippen molar-refractivity contribution in [2.45, 2.75) is 13.0 Å². The molecule has 2 heterocycles. The van der Waals surface area contributed by atoms with E-state index in [1.807, 2.05) is 12.1 Å². The fraction of sp³-hybridized carbons (Fsp3) is 0.235. The molecule has 0 saturated carbocycles. The molecule has 1 fully saturated rings. The minimum absolute atomic E-state index is 0.0341. The second-order valence-electron chi connectivity index (χ2n) is 5.65. The van der Waals surface area contributed by atoms with E-state index in [2.05, 4.69) is 10.3 Å². The number of nitrogens with zero attached hydrogens (tertiary/aromatic N) is 2. The molecule has 0 spiro atoms. The van der Waals surface area contributed by atoms with Gasteiger partial charge in [-0.05, 0) is 29.8 Å². The van der Waals surface area contributed by atoms with Gasteiger partial charge in [-0.1, -0.05) is 29.3 Å². The van der Waals surface area contributed by atoms with Gasteiger partial charge < -0.3 is 10.2 Å². The van der Waals surface area contributed by atoms with Gasteiger partial charge in [0.05, 0.1) is 16.0 Å². The summed E-state index contributed by atoms with van der Waals surface area (Å²) in [6.45, 7) is 0.851. The third kappa shape index (κ3) is 3.86. The average molecular weight is 364 g/mol. The number of halogens is 2. The van der Waals surface area contributed by atoms with Gasteiger partial charge in [0.1, 0.15) is 0 Å². The minimum Gasteiger partial charge on any atom is -0.337 e. The normalized spacial score (nSPS) is 17.2. The van der Waals surface area contributed by atoms with Crippen molar-refractivity contribution in [2.24, 2.45) is 5.92 Å². The second-order valence-corrected chi connectivity index (χ2v) is 6.47. The minimum atomic E-state index is -0.386. The molecule has 2 amide bonds. The van der Waals surface area contributed by atoms with Crippen molar-refractivity contribution in [1.29, 1.82) is 0 Å². The molecule has 7 heteroatoms. The maximum absolute atomic E-state index is 12.4. The molecule has 1 aliphatic rings. The molecule has 1 atom stereocenters. The summed E-state index contributed by atoms with van der Waals surface area (Å²) >= 11 is 11.8. The third-order valence-corrected chi connectivity index (χ3v) is 4.61. The number of amides is 2. The molecule has 124 valence electrons. The Balaban J connectivity index is 1.62. The highest BCUT2D eigenvalue weighted by Crippen LogP contribution is 2.26. The number of benzene rings is 1. The van der Waals surface area contributed by atoms with Crippen molar-refractivity contribution >= 4 is 40.7 Å². The summed E-state index contributed by atoms with van der Waals surface area (Å²) in [5.74, 6) is -0.618. The zero-order valence-electron chi connectivity index (χ0n) is 12.7. The van der Waals surface area contributed by atoms with E-state index in [1.165, 1.54) is 0 Å². The number of anilines is 1. The molecule has 24 heavy (non-hydrogen) atoms. The van der Waals surface area contributed by atoms with Crippen LogP contribution < -0.4 is 5.32 Å². The fourth-order valence-electron chi connectivity index (χ4n) is 2.63. The largest absolute Gasteiger partial charge is 0.337 e. The molecular formula is C17H15Cl2N3O2. The summed E-state index contributed by atoms with van der Waals surface area (Å²) in [5.41, 5.74) is 1.50. The fourth-order valence-corrected chi connectivity index (χ4v) is 2.93. The monoisotopic (exact) mass is 363 g/mol. The Morgan fingerprint density at radius 3 is 2.83 bits per heavy atom. The summed E-state index contributed by atoms with van der Waals surface area (Å²) in [5, 5.41) is 3.58. The Hall–Kier alpha value is -2.11. The molecule has 1 aliphatic heterocycles. The number of nitrogens with one attached hydrogen (secondary N) is 1. The van der Waals surface area contributed by atoms with Crippen LogP contribution in [0, 0.1) is 5.92 Å². The van der Waals surface area contributed by atoms with Crippen LogP contribution in [0.4, 0.5) is 5.69 Å². The SMILES string of the molecule is O=C(Nc1ccc(Cl)c(Cl)c1)C1CC(=O)N(Cc2cccnc2)C1. The van der Waals surface area contributed by atoms with Gasteiger partial charge >= 0.3 is 0 Å².